The van der Waals surface area contributed by atoms with Crippen molar-refractivity contribution in [3.63, 3.8) is 0 Å². The Labute approximate surface area is 126 Å². The number of ether oxygens (including phenoxy) is 1. The highest BCUT2D eigenvalue weighted by Crippen LogP contribution is 2.19. The van der Waals surface area contributed by atoms with E-state index in [-0.39, 0.29) is 6.03 Å². The highest BCUT2D eigenvalue weighted by molar-refractivity contribution is 9.10. The maximum Gasteiger partial charge on any atom is 0.317 e. The predicted octanol–water partition coefficient (Wildman–Crippen LogP) is 3.08. The summed E-state index contributed by atoms with van der Waals surface area (Å²) in [5.74, 6) is 0.488. The zero-order chi connectivity index (χ0) is 13.7. The molecule has 1 saturated heterocycles. The van der Waals surface area contributed by atoms with Crippen LogP contribution in [-0.4, -0.2) is 37.2 Å². The normalized spacial score (nSPS) is 18.5. The number of amides is 2. The van der Waals surface area contributed by atoms with Crippen LogP contribution in [0.25, 0.3) is 0 Å². The molecule has 19 heavy (non-hydrogen) atoms. The number of carbonyl (C=O) groups is 1. The Balaban J connectivity index is 1.79. The molecule has 0 aromatic carbocycles. The Morgan fingerprint density at radius 2 is 2.53 bits per heavy atom. The summed E-state index contributed by atoms with van der Waals surface area (Å²) >= 11 is 5.06. The second-order valence-electron chi connectivity index (χ2n) is 4.66. The average molecular weight is 347 g/mol. The summed E-state index contributed by atoms with van der Waals surface area (Å²) in [4.78, 5) is 15.1. The molecule has 1 atom stereocenters. The number of nitrogens with one attached hydrogen (secondary N) is 1. The molecule has 6 heteroatoms. The topological polar surface area (TPSA) is 41.6 Å². The monoisotopic (exact) mass is 346 g/mol. The van der Waals surface area contributed by atoms with Gasteiger partial charge in [0.15, 0.2) is 0 Å². The highest BCUT2D eigenvalue weighted by atomic mass is 79.9. The van der Waals surface area contributed by atoms with Crippen LogP contribution in [0.2, 0.25) is 0 Å². The molecule has 2 rings (SSSR count). The zero-order valence-electron chi connectivity index (χ0n) is 11.0. The molecule has 4 nitrogen and oxygen atoms in total. The van der Waals surface area contributed by atoms with Crippen molar-refractivity contribution >= 4 is 33.3 Å². The Bertz CT molecular complexity index is 419. The second kappa shape index (κ2) is 7.26. The van der Waals surface area contributed by atoms with Gasteiger partial charge in [0.2, 0.25) is 0 Å². The Kier molecular flexibility index (Phi) is 5.66. The van der Waals surface area contributed by atoms with Crippen LogP contribution in [0.4, 0.5) is 4.79 Å². The van der Waals surface area contributed by atoms with Crippen molar-refractivity contribution in [3.05, 3.63) is 20.8 Å². The second-order valence-corrected chi connectivity index (χ2v) is 6.57. The number of nitrogens with zero attached hydrogens (tertiary/aromatic N) is 1. The minimum atomic E-state index is 0.0129. The summed E-state index contributed by atoms with van der Waals surface area (Å²) in [6, 6.07) is 2.05. The molecule has 2 amide bonds. The molecule has 1 fully saturated rings. The number of carbonyl (C=O) groups excluding carboxylic acids is 1. The molecule has 0 bridgehead atoms. The van der Waals surface area contributed by atoms with Crippen LogP contribution in [0.1, 0.15) is 18.2 Å². The molecule has 1 aliphatic heterocycles. The first kappa shape index (κ1) is 14.8. The van der Waals surface area contributed by atoms with Gasteiger partial charge in [-0.05, 0) is 35.3 Å². The number of hydrogen-bond donors (Lipinski definition) is 1. The van der Waals surface area contributed by atoms with Crippen molar-refractivity contribution in [3.8, 4) is 0 Å². The van der Waals surface area contributed by atoms with Gasteiger partial charge in [0.25, 0.3) is 0 Å². The summed E-state index contributed by atoms with van der Waals surface area (Å²) in [7, 11) is 0. The quantitative estimate of drug-likeness (QED) is 0.889. The van der Waals surface area contributed by atoms with Gasteiger partial charge in [-0.2, -0.15) is 0 Å². The largest absolute Gasteiger partial charge is 0.381 e. The van der Waals surface area contributed by atoms with Gasteiger partial charge in [-0.25, -0.2) is 4.79 Å². The minimum Gasteiger partial charge on any atom is -0.381 e. The molecular weight excluding hydrogens is 328 g/mol. The van der Waals surface area contributed by atoms with E-state index >= 15 is 0 Å². The van der Waals surface area contributed by atoms with E-state index in [1.54, 1.807) is 11.3 Å². The smallest absolute Gasteiger partial charge is 0.317 e. The van der Waals surface area contributed by atoms with Crippen LogP contribution in [-0.2, 0) is 11.3 Å². The van der Waals surface area contributed by atoms with Gasteiger partial charge < -0.3 is 15.0 Å². The maximum atomic E-state index is 12.1. The molecule has 0 radical (unpaired) electrons. The molecule has 106 valence electrons. The summed E-state index contributed by atoms with van der Waals surface area (Å²) < 4.78 is 6.42. The van der Waals surface area contributed by atoms with Crippen LogP contribution in [0.3, 0.4) is 0 Å². The van der Waals surface area contributed by atoms with Gasteiger partial charge >= 0.3 is 6.03 Å². The van der Waals surface area contributed by atoms with Crippen LogP contribution in [0, 0.1) is 5.92 Å². The first-order valence-electron chi connectivity index (χ1n) is 6.52. The van der Waals surface area contributed by atoms with E-state index in [1.165, 1.54) is 0 Å². The predicted molar refractivity (Wildman–Crippen MR) is 80.4 cm³/mol. The van der Waals surface area contributed by atoms with Crippen molar-refractivity contribution in [1.82, 2.24) is 10.2 Å². The van der Waals surface area contributed by atoms with Crippen LogP contribution in [0.15, 0.2) is 15.9 Å². The number of urea groups is 1. The van der Waals surface area contributed by atoms with E-state index in [4.69, 9.17) is 4.74 Å². The Morgan fingerprint density at radius 1 is 1.68 bits per heavy atom. The van der Waals surface area contributed by atoms with E-state index in [0.29, 0.717) is 12.5 Å². The molecule has 0 aliphatic carbocycles. The van der Waals surface area contributed by atoms with Crippen molar-refractivity contribution in [2.24, 2.45) is 5.92 Å². The van der Waals surface area contributed by atoms with Crippen molar-refractivity contribution in [2.75, 3.05) is 26.3 Å². The SMILES string of the molecule is CCN(C[C@@H]1CCOC1)C(=O)NCc1cc(Br)cs1. The first-order chi connectivity index (χ1) is 9.19. The van der Waals surface area contributed by atoms with E-state index in [1.807, 2.05) is 23.3 Å². The minimum absolute atomic E-state index is 0.0129. The van der Waals surface area contributed by atoms with Gasteiger partial charge in [0.1, 0.15) is 0 Å². The lowest BCUT2D eigenvalue weighted by atomic mass is 10.1. The Morgan fingerprint density at radius 3 is 3.11 bits per heavy atom. The number of rotatable bonds is 5. The molecule has 1 aromatic heterocycles. The van der Waals surface area contributed by atoms with E-state index in [2.05, 4.69) is 21.2 Å². The summed E-state index contributed by atoms with van der Waals surface area (Å²) in [6.45, 7) is 5.73. The fourth-order valence-corrected chi connectivity index (χ4v) is 3.51. The third-order valence-corrected chi connectivity index (χ3v) is 4.90. The molecule has 0 saturated carbocycles. The molecule has 2 heterocycles. The third kappa shape index (κ3) is 4.47. The fraction of sp³-hybridized carbons (Fsp3) is 0.615. The van der Waals surface area contributed by atoms with E-state index in [0.717, 1.165) is 42.1 Å². The highest BCUT2D eigenvalue weighted by Gasteiger charge is 2.21. The lowest BCUT2D eigenvalue weighted by Gasteiger charge is -2.23. The van der Waals surface area contributed by atoms with Gasteiger partial charge in [-0.1, -0.05) is 0 Å². The molecule has 0 unspecified atom stereocenters. The lowest BCUT2D eigenvalue weighted by molar-refractivity contribution is 0.166. The zero-order valence-corrected chi connectivity index (χ0v) is 13.4. The molecular formula is C13H19BrN2O2S. The molecule has 0 spiro atoms. The van der Waals surface area contributed by atoms with Gasteiger partial charge in [0, 0.05) is 40.3 Å². The van der Waals surface area contributed by atoms with Crippen molar-refractivity contribution in [2.45, 2.75) is 19.9 Å². The Hall–Kier alpha value is -0.590. The number of hydrogen-bond acceptors (Lipinski definition) is 3. The van der Waals surface area contributed by atoms with Gasteiger partial charge in [0.05, 0.1) is 13.2 Å². The van der Waals surface area contributed by atoms with Crippen molar-refractivity contribution in [1.29, 1.82) is 0 Å². The van der Waals surface area contributed by atoms with Crippen molar-refractivity contribution < 1.29 is 9.53 Å². The first-order valence-corrected chi connectivity index (χ1v) is 8.19. The van der Waals surface area contributed by atoms with E-state index < -0.39 is 0 Å². The molecule has 1 N–H and O–H groups in total. The van der Waals surface area contributed by atoms with Crippen LogP contribution < -0.4 is 5.32 Å². The number of thiophene rings is 1. The van der Waals surface area contributed by atoms with Crippen LogP contribution in [0.5, 0.6) is 0 Å². The fourth-order valence-electron chi connectivity index (χ4n) is 2.12. The van der Waals surface area contributed by atoms with Gasteiger partial charge in [-0.15, -0.1) is 11.3 Å². The number of halogens is 1. The molecule has 1 aromatic rings. The lowest BCUT2D eigenvalue weighted by Crippen LogP contribution is -2.42. The summed E-state index contributed by atoms with van der Waals surface area (Å²) in [6.07, 6.45) is 1.06. The summed E-state index contributed by atoms with van der Waals surface area (Å²) in [5, 5.41) is 5.00. The average Bonchev–Trinajstić information content (AvgIpc) is 3.04. The third-order valence-electron chi connectivity index (χ3n) is 3.21. The van der Waals surface area contributed by atoms with E-state index in [9.17, 15) is 4.79 Å². The summed E-state index contributed by atoms with van der Waals surface area (Å²) in [5.41, 5.74) is 0. The van der Waals surface area contributed by atoms with Crippen LogP contribution >= 0.6 is 27.3 Å². The molecule has 1 aliphatic rings. The maximum absolute atomic E-state index is 12.1. The standard InChI is InChI=1S/C13H19BrN2O2S/c1-2-16(7-10-3-4-18-8-10)13(17)15-6-12-5-11(14)9-19-12/h5,9-10H,2-4,6-8H2,1H3,(H,15,17)/t10-/m0/s1. The van der Waals surface area contributed by atoms with Gasteiger partial charge in [-0.3, -0.25) is 0 Å².